The van der Waals surface area contributed by atoms with Crippen molar-refractivity contribution in [2.24, 2.45) is 11.8 Å². The fourth-order valence-electron chi connectivity index (χ4n) is 5.81. The van der Waals surface area contributed by atoms with Gasteiger partial charge in [-0.1, -0.05) is 19.3 Å². The highest BCUT2D eigenvalue weighted by Gasteiger charge is 2.41. The Morgan fingerprint density at radius 2 is 1.88 bits per heavy atom. The predicted octanol–water partition coefficient (Wildman–Crippen LogP) is 4.07. The molecule has 2 aromatic rings. The third kappa shape index (κ3) is 4.94. The quantitative estimate of drug-likeness (QED) is 0.665. The summed E-state index contributed by atoms with van der Waals surface area (Å²) in [7, 11) is 0. The van der Waals surface area contributed by atoms with Gasteiger partial charge in [0.15, 0.2) is 0 Å². The second-order valence-corrected chi connectivity index (χ2v) is 10.2. The first-order valence-electron chi connectivity index (χ1n) is 12.6. The van der Waals surface area contributed by atoms with E-state index in [4.69, 9.17) is 5.41 Å². The molecule has 1 amide bonds. The largest absolute Gasteiger partial charge is 0.309 e. The van der Waals surface area contributed by atoms with Gasteiger partial charge in [0.1, 0.15) is 0 Å². The van der Waals surface area contributed by atoms with Crippen LogP contribution in [0.15, 0.2) is 24.5 Å². The summed E-state index contributed by atoms with van der Waals surface area (Å²) >= 11 is 0. The van der Waals surface area contributed by atoms with Crippen LogP contribution in [0.2, 0.25) is 0 Å². The molecule has 4 heterocycles. The highest BCUT2D eigenvalue weighted by Crippen LogP contribution is 2.38. The number of anilines is 1. The fourth-order valence-corrected chi connectivity index (χ4v) is 5.81. The fraction of sp³-hybridized carbons (Fsp3) is 0.640. The number of carbonyl (C=O) groups excluding carboxylic acids is 1. The monoisotopic (exact) mass is 472 g/mol. The summed E-state index contributed by atoms with van der Waals surface area (Å²) in [5.74, 6) is -2.60. The number of hydrogen-bond donors (Lipinski definition) is 2. The van der Waals surface area contributed by atoms with Crippen molar-refractivity contribution in [3.63, 3.8) is 0 Å². The molecule has 1 saturated carbocycles. The summed E-state index contributed by atoms with van der Waals surface area (Å²) in [4.78, 5) is 15.3. The smallest absolute Gasteiger partial charge is 0.263 e. The van der Waals surface area contributed by atoms with Crippen molar-refractivity contribution in [3.8, 4) is 0 Å². The van der Waals surface area contributed by atoms with E-state index in [1.165, 1.54) is 5.56 Å². The van der Waals surface area contributed by atoms with Gasteiger partial charge >= 0.3 is 0 Å². The van der Waals surface area contributed by atoms with Crippen LogP contribution in [-0.2, 0) is 11.2 Å². The van der Waals surface area contributed by atoms with E-state index in [0.717, 1.165) is 62.8 Å². The zero-order valence-electron chi connectivity index (χ0n) is 19.6. The molecule has 2 saturated heterocycles. The molecule has 0 bridgehead atoms. The number of nitrogens with one attached hydrogen (secondary N) is 2. The molecule has 2 aromatic heterocycles. The number of carbonyl (C=O) groups is 1. The van der Waals surface area contributed by atoms with Crippen molar-refractivity contribution in [3.05, 3.63) is 30.1 Å². The van der Waals surface area contributed by atoms with Crippen molar-refractivity contribution < 1.29 is 13.6 Å². The molecule has 2 N–H and O–H groups in total. The Kier molecular flexibility index (Phi) is 6.55. The molecule has 2 aliphatic heterocycles. The normalized spacial score (nSPS) is 21.9. The molecule has 0 atom stereocenters. The molecule has 5 rings (SSSR count). The number of aromatic nitrogens is 2. The van der Waals surface area contributed by atoms with E-state index in [1.807, 2.05) is 11.1 Å². The lowest BCUT2D eigenvalue weighted by molar-refractivity contribution is -0.119. The minimum atomic E-state index is -2.57. The Labute approximate surface area is 199 Å². The number of hydrogen-bond acceptors (Lipinski definition) is 4. The molecule has 0 spiro atoms. The molecule has 0 radical (unpaired) electrons. The zero-order valence-corrected chi connectivity index (χ0v) is 19.6. The summed E-state index contributed by atoms with van der Waals surface area (Å²) in [6, 6.07) is 4.17. The molecule has 1 aliphatic carbocycles. The SMILES string of the molecule is N=C1NC(=O)CCN1c1cnn2ccc(CC3CCN(CC(F)(F)C4CCCCC4)CC3)cc12. The standard InChI is InChI=1S/C25H34F2N6O/c26-25(27,20-4-2-1-3-5-20)17-31-10-6-18(7-11-31)14-19-8-13-33-21(15-19)22(16-29-33)32-12-9-23(34)30-24(32)28/h8,13,15-16,18,20H,1-7,9-12,14,17H2,(H2,28,30,34). The molecule has 184 valence electrons. The lowest BCUT2D eigenvalue weighted by Gasteiger charge is -2.37. The van der Waals surface area contributed by atoms with E-state index in [2.05, 4.69) is 22.5 Å². The number of rotatable bonds is 6. The molecular weight excluding hydrogens is 438 g/mol. The van der Waals surface area contributed by atoms with Crippen molar-refractivity contribution in [1.29, 1.82) is 5.41 Å². The second kappa shape index (κ2) is 9.60. The van der Waals surface area contributed by atoms with Crippen LogP contribution in [0.25, 0.3) is 5.52 Å². The number of guanidine groups is 1. The van der Waals surface area contributed by atoms with Crippen LogP contribution in [0, 0.1) is 17.2 Å². The Morgan fingerprint density at radius 1 is 1.12 bits per heavy atom. The van der Waals surface area contributed by atoms with E-state index in [-0.39, 0.29) is 18.4 Å². The predicted molar refractivity (Wildman–Crippen MR) is 127 cm³/mol. The van der Waals surface area contributed by atoms with Gasteiger partial charge in [-0.05, 0) is 68.8 Å². The van der Waals surface area contributed by atoms with Crippen LogP contribution in [-0.4, -0.2) is 58.5 Å². The van der Waals surface area contributed by atoms with Gasteiger partial charge in [0, 0.05) is 25.1 Å². The van der Waals surface area contributed by atoms with Gasteiger partial charge in [-0.3, -0.25) is 20.4 Å². The van der Waals surface area contributed by atoms with Gasteiger partial charge in [-0.2, -0.15) is 5.10 Å². The number of piperidine rings is 1. The van der Waals surface area contributed by atoms with E-state index < -0.39 is 11.8 Å². The van der Waals surface area contributed by atoms with Crippen LogP contribution < -0.4 is 10.2 Å². The average molecular weight is 473 g/mol. The van der Waals surface area contributed by atoms with Crippen molar-refractivity contribution in [2.75, 3.05) is 31.1 Å². The number of amides is 1. The Bertz CT molecular complexity index is 1040. The van der Waals surface area contributed by atoms with Crippen molar-refractivity contribution in [1.82, 2.24) is 19.8 Å². The van der Waals surface area contributed by atoms with E-state index in [9.17, 15) is 13.6 Å². The summed E-state index contributed by atoms with van der Waals surface area (Å²) < 4.78 is 31.4. The molecule has 0 unspecified atom stereocenters. The maximum absolute atomic E-state index is 14.8. The molecule has 3 fully saturated rings. The Hall–Kier alpha value is -2.55. The Morgan fingerprint density at radius 3 is 2.62 bits per heavy atom. The van der Waals surface area contributed by atoms with Gasteiger partial charge in [0.25, 0.3) is 5.92 Å². The van der Waals surface area contributed by atoms with Gasteiger partial charge in [0.05, 0.1) is 23.9 Å². The van der Waals surface area contributed by atoms with Gasteiger partial charge in [-0.25, -0.2) is 13.3 Å². The Balaban J connectivity index is 1.19. The number of fused-ring (bicyclic) bond motifs is 1. The number of halogens is 2. The van der Waals surface area contributed by atoms with Crippen LogP contribution in [0.4, 0.5) is 14.5 Å². The van der Waals surface area contributed by atoms with Gasteiger partial charge < -0.3 is 4.90 Å². The lowest BCUT2D eigenvalue weighted by Crippen LogP contribution is -2.50. The van der Waals surface area contributed by atoms with Crippen LogP contribution in [0.3, 0.4) is 0 Å². The number of likely N-dealkylation sites (tertiary alicyclic amines) is 1. The average Bonchev–Trinajstić information content (AvgIpc) is 3.24. The minimum absolute atomic E-state index is 0.0777. The number of nitrogens with zero attached hydrogens (tertiary/aromatic N) is 4. The second-order valence-electron chi connectivity index (χ2n) is 10.2. The highest BCUT2D eigenvalue weighted by atomic mass is 19.3. The van der Waals surface area contributed by atoms with Crippen LogP contribution in [0.1, 0.15) is 56.9 Å². The lowest BCUT2D eigenvalue weighted by atomic mass is 9.84. The first-order chi connectivity index (χ1) is 16.4. The maximum Gasteiger partial charge on any atom is 0.263 e. The third-order valence-electron chi connectivity index (χ3n) is 7.82. The molecule has 7 nitrogen and oxygen atoms in total. The maximum atomic E-state index is 14.8. The number of alkyl halides is 2. The first-order valence-corrected chi connectivity index (χ1v) is 12.6. The van der Waals surface area contributed by atoms with Crippen LogP contribution >= 0.6 is 0 Å². The van der Waals surface area contributed by atoms with Gasteiger partial charge in [-0.15, -0.1) is 0 Å². The van der Waals surface area contributed by atoms with Crippen molar-refractivity contribution in [2.45, 2.75) is 63.7 Å². The molecule has 34 heavy (non-hydrogen) atoms. The molecule has 9 heteroatoms. The molecule has 0 aromatic carbocycles. The molecule has 3 aliphatic rings. The van der Waals surface area contributed by atoms with E-state index in [0.29, 0.717) is 31.7 Å². The first kappa shape index (κ1) is 23.2. The van der Waals surface area contributed by atoms with E-state index >= 15 is 0 Å². The third-order valence-corrected chi connectivity index (χ3v) is 7.82. The summed E-state index contributed by atoms with van der Waals surface area (Å²) in [6.45, 7) is 1.84. The van der Waals surface area contributed by atoms with Gasteiger partial charge in [0.2, 0.25) is 11.9 Å². The van der Waals surface area contributed by atoms with E-state index in [1.54, 1.807) is 15.6 Å². The number of pyridine rings is 1. The zero-order chi connectivity index (χ0) is 23.7. The molecular formula is C25H34F2N6O. The van der Waals surface area contributed by atoms with Crippen molar-refractivity contribution >= 4 is 23.1 Å². The summed E-state index contributed by atoms with van der Waals surface area (Å²) in [5.41, 5.74) is 2.90. The van der Waals surface area contributed by atoms with Crippen LogP contribution in [0.5, 0.6) is 0 Å². The summed E-state index contributed by atoms with van der Waals surface area (Å²) in [6.07, 6.45) is 11.1. The highest BCUT2D eigenvalue weighted by molar-refractivity contribution is 6.08. The minimum Gasteiger partial charge on any atom is -0.309 e. The summed E-state index contributed by atoms with van der Waals surface area (Å²) in [5, 5.41) is 15.1. The topological polar surface area (TPSA) is 76.7 Å².